The molecule has 1 atom stereocenters. The van der Waals surface area contributed by atoms with Crippen LogP contribution in [-0.2, 0) is 13.5 Å². The molecule has 7 heteroatoms. The van der Waals surface area contributed by atoms with Gasteiger partial charge in [0.15, 0.2) is 0 Å². The number of hydrogen-bond donors (Lipinski definition) is 1. The molecule has 3 aromatic rings. The van der Waals surface area contributed by atoms with E-state index in [4.69, 9.17) is 15.6 Å². The van der Waals surface area contributed by atoms with Crippen molar-refractivity contribution in [3.05, 3.63) is 70.8 Å². The van der Waals surface area contributed by atoms with Crippen LogP contribution in [0.2, 0.25) is 0 Å². The van der Waals surface area contributed by atoms with Gasteiger partial charge in [-0.1, -0.05) is 25.5 Å². The van der Waals surface area contributed by atoms with Crippen LogP contribution >= 0.6 is 0 Å². The van der Waals surface area contributed by atoms with E-state index < -0.39 is 0 Å². The van der Waals surface area contributed by atoms with Crippen molar-refractivity contribution < 1.29 is 4.74 Å². The number of aryl methyl sites for hydroxylation is 2. The van der Waals surface area contributed by atoms with Crippen molar-refractivity contribution in [1.82, 2.24) is 19.3 Å². The molecule has 5 rings (SSSR count). The largest absolute Gasteiger partial charge is 0.422 e. The first-order chi connectivity index (χ1) is 14.6. The Hall–Kier alpha value is -3.53. The molecule has 7 nitrogen and oxygen atoms in total. The van der Waals surface area contributed by atoms with Gasteiger partial charge in [-0.15, -0.1) is 0 Å². The highest BCUT2D eigenvalue weighted by molar-refractivity contribution is 5.57. The molecule has 30 heavy (non-hydrogen) atoms. The highest BCUT2D eigenvalue weighted by Gasteiger charge is 2.39. The van der Waals surface area contributed by atoms with E-state index in [0.717, 1.165) is 47.6 Å². The van der Waals surface area contributed by atoms with Crippen molar-refractivity contribution in [2.45, 2.75) is 44.4 Å². The molecule has 3 heterocycles. The Labute approximate surface area is 175 Å². The maximum atomic E-state index is 9.89. The van der Waals surface area contributed by atoms with Crippen LogP contribution in [0.4, 0.5) is 0 Å². The van der Waals surface area contributed by atoms with Gasteiger partial charge in [-0.25, -0.2) is 9.67 Å². The Balaban J connectivity index is 1.62. The molecule has 2 N–H and O–H groups in total. The SMILES string of the molecule is CCc1nccn1-c1ccc(C2C(C#N)=C(N)Oc3c2c(C2CCC2)nn3C)cc1. The molecule has 0 radical (unpaired) electrons. The molecule has 0 spiro atoms. The van der Waals surface area contributed by atoms with Crippen molar-refractivity contribution in [1.29, 1.82) is 5.26 Å². The summed E-state index contributed by atoms with van der Waals surface area (Å²) in [6, 6.07) is 10.6. The zero-order chi connectivity index (χ0) is 20.8. The maximum Gasteiger partial charge on any atom is 0.224 e. The summed E-state index contributed by atoms with van der Waals surface area (Å²) >= 11 is 0. The van der Waals surface area contributed by atoms with Gasteiger partial charge in [0.2, 0.25) is 11.8 Å². The van der Waals surface area contributed by atoms with Gasteiger partial charge >= 0.3 is 0 Å². The van der Waals surface area contributed by atoms with Gasteiger partial charge in [-0.05, 0) is 30.5 Å². The fourth-order valence-corrected chi connectivity index (χ4v) is 4.48. The first kappa shape index (κ1) is 18.5. The third-order valence-electron chi connectivity index (χ3n) is 6.26. The molecule has 1 aliphatic carbocycles. The number of fused-ring (bicyclic) bond motifs is 1. The Kier molecular flexibility index (Phi) is 4.35. The summed E-state index contributed by atoms with van der Waals surface area (Å²) in [5.41, 5.74) is 10.7. The van der Waals surface area contributed by atoms with Crippen molar-refractivity contribution in [2.75, 3.05) is 0 Å². The standard InChI is InChI=1S/C23H24N6O/c1-3-18-26-11-12-29(18)16-9-7-14(8-10-16)19-17(13-24)22(25)30-23-20(19)21(27-28(23)2)15-5-4-6-15/h7-12,15,19H,3-6,25H2,1-2H3. The molecule has 152 valence electrons. The topological polar surface area (TPSA) is 94.7 Å². The van der Waals surface area contributed by atoms with E-state index in [0.29, 0.717) is 17.4 Å². The third-order valence-corrected chi connectivity index (χ3v) is 6.26. The second-order valence-electron chi connectivity index (χ2n) is 7.94. The number of ether oxygens (including phenoxy) is 1. The number of nitrogens with zero attached hydrogens (tertiary/aromatic N) is 5. The van der Waals surface area contributed by atoms with E-state index in [2.05, 4.69) is 46.8 Å². The lowest BCUT2D eigenvalue weighted by atomic mass is 9.76. The number of hydrogen-bond acceptors (Lipinski definition) is 5. The second kappa shape index (κ2) is 7.06. The number of aromatic nitrogens is 4. The number of nitrogens with two attached hydrogens (primary N) is 1. The van der Waals surface area contributed by atoms with Gasteiger partial charge in [-0.2, -0.15) is 10.4 Å². The predicted octanol–water partition coefficient (Wildman–Crippen LogP) is 3.65. The first-order valence-electron chi connectivity index (χ1n) is 10.4. The van der Waals surface area contributed by atoms with Crippen LogP contribution in [0.1, 0.15) is 60.7 Å². The first-order valence-corrected chi connectivity index (χ1v) is 10.4. The van der Waals surface area contributed by atoms with Crippen molar-refractivity contribution >= 4 is 0 Å². The molecule has 1 unspecified atom stereocenters. The molecular weight excluding hydrogens is 376 g/mol. The van der Waals surface area contributed by atoms with Gasteiger partial charge in [0.25, 0.3) is 0 Å². The van der Waals surface area contributed by atoms with Gasteiger partial charge < -0.3 is 15.0 Å². The van der Waals surface area contributed by atoms with Crippen LogP contribution in [0.3, 0.4) is 0 Å². The quantitative estimate of drug-likeness (QED) is 0.721. The average Bonchev–Trinajstić information content (AvgIpc) is 3.31. The van der Waals surface area contributed by atoms with E-state index in [9.17, 15) is 5.26 Å². The molecule has 2 aromatic heterocycles. The third kappa shape index (κ3) is 2.71. The molecule has 0 amide bonds. The highest BCUT2D eigenvalue weighted by Crippen LogP contribution is 2.48. The predicted molar refractivity (Wildman–Crippen MR) is 112 cm³/mol. The molecule has 1 aliphatic heterocycles. The molecule has 1 saturated carbocycles. The number of allylic oxidation sites excluding steroid dienone is 1. The molecule has 2 aliphatic rings. The van der Waals surface area contributed by atoms with E-state index >= 15 is 0 Å². The van der Waals surface area contributed by atoms with E-state index in [1.807, 2.05) is 19.4 Å². The van der Waals surface area contributed by atoms with Crippen molar-refractivity contribution in [3.63, 3.8) is 0 Å². The van der Waals surface area contributed by atoms with Crippen molar-refractivity contribution in [3.8, 4) is 17.6 Å². The summed E-state index contributed by atoms with van der Waals surface area (Å²) in [6.45, 7) is 2.09. The second-order valence-corrected chi connectivity index (χ2v) is 7.94. The minimum absolute atomic E-state index is 0.158. The van der Waals surface area contributed by atoms with E-state index in [-0.39, 0.29) is 11.8 Å². The van der Waals surface area contributed by atoms with Crippen LogP contribution in [0.25, 0.3) is 5.69 Å². The minimum atomic E-state index is -0.273. The zero-order valence-electron chi connectivity index (χ0n) is 17.2. The molecule has 0 bridgehead atoms. The van der Waals surface area contributed by atoms with Gasteiger partial charge in [0.1, 0.15) is 17.5 Å². The normalized spacial score (nSPS) is 18.5. The highest BCUT2D eigenvalue weighted by atomic mass is 16.5. The van der Waals surface area contributed by atoms with Gasteiger partial charge in [0, 0.05) is 37.5 Å². The number of nitriles is 1. The van der Waals surface area contributed by atoms with Gasteiger partial charge in [-0.3, -0.25) is 0 Å². The van der Waals surface area contributed by atoms with Crippen LogP contribution in [0, 0.1) is 11.3 Å². The van der Waals surface area contributed by atoms with Crippen LogP contribution in [0.5, 0.6) is 5.88 Å². The average molecular weight is 400 g/mol. The van der Waals surface area contributed by atoms with E-state index in [1.54, 1.807) is 4.68 Å². The lowest BCUT2D eigenvalue weighted by molar-refractivity contribution is 0.358. The van der Waals surface area contributed by atoms with Crippen LogP contribution in [0.15, 0.2) is 48.1 Å². The number of imidazole rings is 1. The van der Waals surface area contributed by atoms with E-state index in [1.165, 1.54) is 6.42 Å². The Morgan fingerprint density at radius 1 is 1.27 bits per heavy atom. The fraction of sp³-hybridized carbons (Fsp3) is 0.348. The summed E-state index contributed by atoms with van der Waals surface area (Å²) in [6.07, 6.45) is 8.09. The monoisotopic (exact) mass is 400 g/mol. The molecular formula is C23H24N6O. The Morgan fingerprint density at radius 2 is 2.03 bits per heavy atom. The summed E-state index contributed by atoms with van der Waals surface area (Å²) in [5.74, 6) is 1.96. The fourth-order valence-electron chi connectivity index (χ4n) is 4.48. The zero-order valence-corrected chi connectivity index (χ0v) is 17.2. The van der Waals surface area contributed by atoms with Gasteiger partial charge in [0.05, 0.1) is 17.2 Å². The minimum Gasteiger partial charge on any atom is -0.422 e. The maximum absolute atomic E-state index is 9.89. The van der Waals surface area contributed by atoms with Crippen LogP contribution < -0.4 is 10.5 Å². The Bertz CT molecular complexity index is 1170. The number of rotatable bonds is 4. The number of benzene rings is 1. The lowest BCUT2D eigenvalue weighted by Gasteiger charge is -2.29. The molecule has 1 fully saturated rings. The van der Waals surface area contributed by atoms with Crippen molar-refractivity contribution in [2.24, 2.45) is 12.8 Å². The lowest BCUT2D eigenvalue weighted by Crippen LogP contribution is -2.23. The molecule has 1 aromatic carbocycles. The van der Waals surface area contributed by atoms with Crippen LogP contribution in [-0.4, -0.2) is 19.3 Å². The summed E-state index contributed by atoms with van der Waals surface area (Å²) < 4.78 is 9.69. The Morgan fingerprint density at radius 3 is 2.67 bits per heavy atom. The summed E-state index contributed by atoms with van der Waals surface area (Å²) in [5, 5.41) is 14.7. The molecule has 0 saturated heterocycles. The smallest absolute Gasteiger partial charge is 0.224 e. The summed E-state index contributed by atoms with van der Waals surface area (Å²) in [4.78, 5) is 4.41. The summed E-state index contributed by atoms with van der Waals surface area (Å²) in [7, 11) is 1.87.